The minimum atomic E-state index is -1.01. The van der Waals surface area contributed by atoms with Gasteiger partial charge in [-0.25, -0.2) is 9.18 Å². The van der Waals surface area contributed by atoms with Gasteiger partial charge in [-0.15, -0.1) is 0 Å². The number of nitrogens with one attached hydrogen (secondary N) is 3. The highest BCUT2D eigenvalue weighted by molar-refractivity contribution is 6.12. The molecule has 1 heterocycles. The molecule has 0 saturated carbocycles. The summed E-state index contributed by atoms with van der Waals surface area (Å²) < 4.78 is 20.8. The molecule has 3 aromatic rings. The predicted molar refractivity (Wildman–Crippen MR) is 154 cm³/mol. The molecule has 0 bridgehead atoms. The second-order valence-corrected chi connectivity index (χ2v) is 10.3. The van der Waals surface area contributed by atoms with Crippen molar-refractivity contribution in [2.75, 3.05) is 26.0 Å². The Morgan fingerprint density at radius 2 is 1.73 bits per heavy atom. The number of nitrogens with zero attached hydrogens (tertiary/aromatic N) is 1. The second kappa shape index (κ2) is 11.9. The lowest BCUT2D eigenvalue weighted by atomic mass is 9.90. The van der Waals surface area contributed by atoms with Gasteiger partial charge in [-0.3, -0.25) is 14.5 Å². The van der Waals surface area contributed by atoms with Gasteiger partial charge in [-0.05, 0) is 65.4 Å². The molecule has 1 fully saturated rings. The van der Waals surface area contributed by atoms with E-state index >= 15 is 4.39 Å². The molecule has 4 rings (SSSR count). The molecule has 0 radical (unpaired) electrons. The molecule has 0 spiro atoms. The van der Waals surface area contributed by atoms with Crippen LogP contribution in [0, 0.1) is 25.6 Å². The molecule has 8 nitrogen and oxygen atoms in total. The van der Waals surface area contributed by atoms with E-state index in [-0.39, 0.29) is 18.4 Å². The van der Waals surface area contributed by atoms with Gasteiger partial charge in [-0.2, -0.15) is 0 Å². The Bertz CT molecular complexity index is 1470. The highest BCUT2D eigenvalue weighted by Crippen LogP contribution is 2.37. The van der Waals surface area contributed by atoms with E-state index in [1.807, 2.05) is 64.1 Å². The Hall–Kier alpha value is -4.24. The van der Waals surface area contributed by atoms with Gasteiger partial charge in [0.25, 0.3) is 0 Å². The van der Waals surface area contributed by atoms with Crippen molar-refractivity contribution in [2.45, 2.75) is 40.3 Å². The summed E-state index contributed by atoms with van der Waals surface area (Å²) in [6, 6.07) is 14.5. The zero-order valence-electron chi connectivity index (χ0n) is 23.6. The van der Waals surface area contributed by atoms with Gasteiger partial charge in [0.2, 0.25) is 11.8 Å². The number of hydrogen-bond donors (Lipinski definition) is 3. The molecule has 40 heavy (non-hydrogen) atoms. The summed E-state index contributed by atoms with van der Waals surface area (Å²) >= 11 is 0. The molecule has 1 aliphatic heterocycles. The summed E-state index contributed by atoms with van der Waals surface area (Å²) in [6.07, 6.45) is 0. The molecule has 1 aliphatic rings. The molecule has 4 amide bonds. The number of methoxy groups -OCH3 is 1. The topological polar surface area (TPSA) is 99.8 Å². The molecule has 1 saturated heterocycles. The van der Waals surface area contributed by atoms with Crippen molar-refractivity contribution in [2.24, 2.45) is 5.92 Å². The molecule has 3 aromatic carbocycles. The summed E-state index contributed by atoms with van der Waals surface area (Å²) in [5.74, 6) is -1.91. The van der Waals surface area contributed by atoms with Crippen molar-refractivity contribution in [3.8, 4) is 28.0 Å². The summed E-state index contributed by atoms with van der Waals surface area (Å²) in [5, 5.41) is 8.66. The normalized spacial score (nSPS) is 15.3. The van der Waals surface area contributed by atoms with E-state index in [1.54, 1.807) is 6.07 Å². The molecule has 1 unspecified atom stereocenters. The van der Waals surface area contributed by atoms with Crippen molar-refractivity contribution >= 4 is 23.5 Å². The SMILES string of the molecule is COc1cc(-c2cccc(-c3cccc(NC(=O)C4CNC(=O)N(C)C4=O)c3C)c2C)cc(F)c1CNC(C)C. The van der Waals surface area contributed by atoms with Crippen LogP contribution in [0.1, 0.15) is 30.5 Å². The largest absolute Gasteiger partial charge is 0.496 e. The van der Waals surface area contributed by atoms with Crippen LogP contribution in [0.5, 0.6) is 5.75 Å². The van der Waals surface area contributed by atoms with Gasteiger partial charge in [0, 0.05) is 37.4 Å². The van der Waals surface area contributed by atoms with Gasteiger partial charge >= 0.3 is 6.03 Å². The summed E-state index contributed by atoms with van der Waals surface area (Å²) in [5.41, 5.74) is 6.18. The van der Waals surface area contributed by atoms with Gasteiger partial charge in [-0.1, -0.05) is 44.2 Å². The van der Waals surface area contributed by atoms with Crippen LogP contribution in [0.3, 0.4) is 0 Å². The number of ether oxygens (including phenoxy) is 1. The molecule has 3 N–H and O–H groups in total. The minimum absolute atomic E-state index is 0.0555. The van der Waals surface area contributed by atoms with Crippen molar-refractivity contribution in [3.05, 3.63) is 71.0 Å². The fraction of sp³-hybridized carbons (Fsp3) is 0.323. The summed E-state index contributed by atoms with van der Waals surface area (Å²) in [7, 11) is 2.88. The average molecular weight is 547 g/mol. The minimum Gasteiger partial charge on any atom is -0.496 e. The highest BCUT2D eigenvalue weighted by Gasteiger charge is 2.36. The van der Waals surface area contributed by atoms with Crippen LogP contribution in [0.4, 0.5) is 14.9 Å². The van der Waals surface area contributed by atoms with E-state index in [9.17, 15) is 14.4 Å². The molecule has 0 aliphatic carbocycles. The molecular formula is C31H35FN4O4. The van der Waals surface area contributed by atoms with Crippen LogP contribution in [-0.2, 0) is 16.1 Å². The summed E-state index contributed by atoms with van der Waals surface area (Å²) in [4.78, 5) is 38.1. The number of rotatable bonds is 8. The number of amides is 4. The third kappa shape index (κ3) is 5.70. The first-order valence-corrected chi connectivity index (χ1v) is 13.2. The number of carbonyl (C=O) groups excluding carboxylic acids is 3. The highest BCUT2D eigenvalue weighted by atomic mass is 19.1. The fourth-order valence-corrected chi connectivity index (χ4v) is 4.88. The van der Waals surface area contributed by atoms with Crippen LogP contribution < -0.4 is 20.7 Å². The Kier molecular flexibility index (Phi) is 8.54. The number of hydrogen-bond acceptors (Lipinski definition) is 5. The Morgan fingerprint density at radius 3 is 2.40 bits per heavy atom. The van der Waals surface area contributed by atoms with Crippen molar-refractivity contribution in [3.63, 3.8) is 0 Å². The van der Waals surface area contributed by atoms with Crippen LogP contribution in [0.2, 0.25) is 0 Å². The first kappa shape index (κ1) is 28.8. The number of halogens is 1. The maximum atomic E-state index is 15.2. The Balaban J connectivity index is 1.66. The van der Waals surface area contributed by atoms with Crippen LogP contribution in [0.15, 0.2) is 48.5 Å². The van der Waals surface area contributed by atoms with E-state index in [0.29, 0.717) is 29.1 Å². The third-order valence-corrected chi connectivity index (χ3v) is 7.30. The maximum Gasteiger partial charge on any atom is 0.323 e. The Labute approximate surface area is 233 Å². The van der Waals surface area contributed by atoms with Gasteiger partial charge in [0.1, 0.15) is 17.5 Å². The first-order valence-electron chi connectivity index (χ1n) is 13.2. The number of anilines is 1. The van der Waals surface area contributed by atoms with E-state index in [2.05, 4.69) is 16.0 Å². The van der Waals surface area contributed by atoms with E-state index in [1.165, 1.54) is 20.2 Å². The van der Waals surface area contributed by atoms with Gasteiger partial charge in [0.05, 0.1) is 7.11 Å². The van der Waals surface area contributed by atoms with E-state index in [4.69, 9.17) is 4.74 Å². The molecule has 0 aromatic heterocycles. The van der Waals surface area contributed by atoms with Crippen molar-refractivity contribution < 1.29 is 23.5 Å². The monoisotopic (exact) mass is 546 g/mol. The smallest absolute Gasteiger partial charge is 0.323 e. The lowest BCUT2D eigenvalue weighted by Gasteiger charge is -2.28. The molecule has 210 valence electrons. The lowest BCUT2D eigenvalue weighted by molar-refractivity contribution is -0.138. The predicted octanol–water partition coefficient (Wildman–Crippen LogP) is 5.02. The summed E-state index contributed by atoms with van der Waals surface area (Å²) in [6.45, 7) is 8.19. The molecule has 9 heteroatoms. The third-order valence-electron chi connectivity index (χ3n) is 7.30. The zero-order chi connectivity index (χ0) is 29.1. The van der Waals surface area contributed by atoms with E-state index < -0.39 is 23.8 Å². The quantitative estimate of drug-likeness (QED) is 0.345. The first-order chi connectivity index (χ1) is 19.0. The van der Waals surface area contributed by atoms with Crippen LogP contribution >= 0.6 is 0 Å². The second-order valence-electron chi connectivity index (χ2n) is 10.3. The number of benzene rings is 3. The van der Waals surface area contributed by atoms with Crippen molar-refractivity contribution in [1.29, 1.82) is 0 Å². The van der Waals surface area contributed by atoms with Crippen LogP contribution in [-0.4, -0.2) is 49.5 Å². The van der Waals surface area contributed by atoms with Gasteiger partial charge < -0.3 is 20.7 Å². The Morgan fingerprint density at radius 1 is 1.07 bits per heavy atom. The average Bonchev–Trinajstić information content (AvgIpc) is 2.92. The standard InChI is InChI=1S/C31H35FN4O4/c1-17(2)33-15-24-26(32)13-20(14-28(24)40-6)21-9-7-10-22(18(21)3)23-11-8-12-27(19(23)4)35-29(37)25-16-34-31(39)36(5)30(25)38/h7-14,17,25,33H,15-16H2,1-6H3,(H,34,39)(H,35,37). The van der Waals surface area contributed by atoms with Crippen molar-refractivity contribution in [1.82, 2.24) is 15.5 Å². The van der Waals surface area contributed by atoms with Gasteiger partial charge in [0.15, 0.2) is 0 Å². The number of urea groups is 1. The number of imide groups is 1. The van der Waals surface area contributed by atoms with E-state index in [0.717, 1.165) is 32.7 Å². The lowest BCUT2D eigenvalue weighted by Crippen LogP contribution is -2.56. The molecular weight excluding hydrogens is 511 g/mol. The fourth-order valence-electron chi connectivity index (χ4n) is 4.88. The maximum absolute atomic E-state index is 15.2. The van der Waals surface area contributed by atoms with Crippen LogP contribution in [0.25, 0.3) is 22.3 Å². The zero-order valence-corrected chi connectivity index (χ0v) is 23.6. The number of carbonyl (C=O) groups is 3. The molecule has 1 atom stereocenters.